The molecule has 0 aliphatic rings. The number of pyridine rings is 1. The molecular formula is C59H44N6O. The first-order valence-electron chi connectivity index (χ1n) is 26.5. The van der Waals surface area contributed by atoms with Crippen LogP contribution in [0.25, 0.3) is 94.7 Å². The van der Waals surface area contributed by atoms with Gasteiger partial charge in [0.1, 0.15) is 5.82 Å². The molecule has 0 N–H and O–H groups in total. The number of fused-ring (bicyclic) bond motifs is 5. The zero-order valence-corrected chi connectivity index (χ0v) is 36.0. The predicted molar refractivity (Wildman–Crippen MR) is 268 cm³/mol. The van der Waals surface area contributed by atoms with Gasteiger partial charge in [-0.25, -0.2) is 9.78 Å². The zero-order chi connectivity index (χ0) is 53.2. The van der Waals surface area contributed by atoms with Gasteiger partial charge in [-0.2, -0.15) is 0 Å². The fraction of sp³-hybridized carbons (Fsp3) is 0.0678. The Hall–Kier alpha value is -8.55. The van der Waals surface area contributed by atoms with Crippen molar-refractivity contribution < 1.29 is 18.3 Å². The molecule has 316 valence electrons. The second-order valence-electron chi connectivity index (χ2n) is 17.1. The number of para-hydroxylation sites is 5. The van der Waals surface area contributed by atoms with Crippen molar-refractivity contribution in [2.45, 2.75) is 26.2 Å². The van der Waals surface area contributed by atoms with Crippen molar-refractivity contribution in [3.8, 4) is 50.8 Å². The lowest BCUT2D eigenvalue weighted by Crippen LogP contribution is -2.31. The molecule has 0 saturated carbocycles. The van der Waals surface area contributed by atoms with Crippen LogP contribution in [-0.4, -0.2) is 23.3 Å². The van der Waals surface area contributed by atoms with Crippen molar-refractivity contribution in [2.75, 3.05) is 0 Å². The largest absolute Gasteiger partial charge is 0.338 e. The Morgan fingerprint density at radius 2 is 1.15 bits per heavy atom. The summed E-state index contributed by atoms with van der Waals surface area (Å²) in [6, 6.07) is 40.0. The fourth-order valence-electron chi connectivity index (χ4n) is 9.13. The van der Waals surface area contributed by atoms with Gasteiger partial charge < -0.3 is 0 Å². The maximum atomic E-state index is 15.3. The van der Waals surface area contributed by atoms with Crippen molar-refractivity contribution in [2.24, 2.45) is 0 Å². The average molecular weight is 863 g/mol. The number of hydrogen-bond acceptors (Lipinski definition) is 2. The smallest absolute Gasteiger partial charge is 0.294 e. The first-order valence-corrected chi connectivity index (χ1v) is 21.5. The number of nitrogens with zero attached hydrogens (tertiary/aromatic N) is 6. The molecular weight excluding hydrogens is 809 g/mol. The van der Waals surface area contributed by atoms with E-state index in [1.54, 1.807) is 42.5 Å². The molecule has 0 amide bonds. The Morgan fingerprint density at radius 1 is 0.530 bits per heavy atom. The van der Waals surface area contributed by atoms with E-state index >= 15 is 4.79 Å². The van der Waals surface area contributed by atoms with Gasteiger partial charge in [0.25, 0.3) is 6.33 Å². The molecule has 4 heterocycles. The van der Waals surface area contributed by atoms with E-state index in [1.165, 1.54) is 0 Å². The van der Waals surface area contributed by atoms with Gasteiger partial charge in [0.15, 0.2) is 0 Å². The number of imidazole rings is 2. The molecule has 7 heteroatoms. The van der Waals surface area contributed by atoms with Crippen LogP contribution in [0.1, 0.15) is 40.0 Å². The maximum Gasteiger partial charge on any atom is 0.338 e. The van der Waals surface area contributed by atoms with Crippen LogP contribution in [0, 0.1) is 6.33 Å². The second-order valence-corrected chi connectivity index (χ2v) is 17.1. The first-order chi connectivity index (χ1) is 36.5. The summed E-state index contributed by atoms with van der Waals surface area (Å²) >= 11 is 0. The molecule has 66 heavy (non-hydrogen) atoms. The minimum absolute atomic E-state index is 0.128. The highest BCUT2D eigenvalue weighted by Gasteiger charge is 2.23. The van der Waals surface area contributed by atoms with Gasteiger partial charge in [0, 0.05) is 17.0 Å². The third-order valence-electron chi connectivity index (χ3n) is 12.2. The standard InChI is InChI=1S/C59H44N6O/c1-59(2,3)42-34-35-60-56(36-42)65-50-27-14-13-24-48(50)49-32-30-45(38-54(49)65)64-55-37-44(31-33-53(55)63(58(64)66)43-22-11-6-12-23-43)61-39-62(52-29-16-15-28-51(52)61)57-46(40-18-7-4-8-19-40)25-17-26-47(57)41-20-9-5-10-21-41/h4-38H,1-3H3/i4D,5D,7D,8D,9D,10D,18D,19D,20D,21D. The van der Waals surface area contributed by atoms with Crippen molar-refractivity contribution in [1.82, 2.24) is 23.3 Å². The summed E-state index contributed by atoms with van der Waals surface area (Å²) in [5.41, 5.74) is 6.63. The fourth-order valence-corrected chi connectivity index (χ4v) is 9.13. The molecule has 0 fully saturated rings. The Kier molecular flexibility index (Phi) is 6.90. The molecule has 0 bridgehead atoms. The number of aromatic nitrogens is 6. The van der Waals surface area contributed by atoms with E-state index in [1.807, 2.05) is 109 Å². The summed E-state index contributed by atoms with van der Waals surface area (Å²) in [7, 11) is 0. The Labute approximate surface area is 396 Å². The van der Waals surface area contributed by atoms with Gasteiger partial charge in [0.05, 0.1) is 69.6 Å². The molecule has 0 saturated heterocycles. The molecule has 0 radical (unpaired) electrons. The highest BCUT2D eigenvalue weighted by molar-refractivity contribution is 6.09. The molecule has 0 aliphatic carbocycles. The van der Waals surface area contributed by atoms with Gasteiger partial charge in [-0.1, -0.05) is 166 Å². The van der Waals surface area contributed by atoms with Gasteiger partial charge in [-0.3, -0.25) is 22.8 Å². The molecule has 0 spiro atoms. The van der Waals surface area contributed by atoms with Crippen LogP contribution in [0.2, 0.25) is 0 Å². The monoisotopic (exact) mass is 862 g/mol. The van der Waals surface area contributed by atoms with E-state index in [9.17, 15) is 0 Å². The summed E-state index contributed by atoms with van der Waals surface area (Å²) in [4.78, 5) is 20.2. The molecule has 0 atom stereocenters. The summed E-state index contributed by atoms with van der Waals surface area (Å²) in [5.74, 6) is 0.739. The van der Waals surface area contributed by atoms with E-state index < -0.39 is 60.4 Å². The molecule has 8 aromatic carbocycles. The van der Waals surface area contributed by atoms with Crippen LogP contribution in [0.15, 0.2) is 217 Å². The minimum Gasteiger partial charge on any atom is -0.294 e. The number of hydrogen-bond donors (Lipinski definition) is 0. The normalized spacial score (nSPS) is 14.0. The quantitative estimate of drug-likeness (QED) is 0.118. The maximum absolute atomic E-state index is 15.3. The van der Waals surface area contributed by atoms with Crippen LogP contribution < -0.4 is 10.3 Å². The van der Waals surface area contributed by atoms with Crippen LogP contribution in [0.5, 0.6) is 0 Å². The molecule has 12 rings (SSSR count). The van der Waals surface area contributed by atoms with Crippen molar-refractivity contribution in [3.05, 3.63) is 235 Å². The third kappa shape index (κ3) is 6.31. The lowest BCUT2D eigenvalue weighted by atomic mass is 9.88. The van der Waals surface area contributed by atoms with E-state index in [0.717, 1.165) is 33.2 Å². The number of benzene rings is 8. The summed E-state index contributed by atoms with van der Waals surface area (Å²) in [6.07, 6.45) is 5.31. The van der Waals surface area contributed by atoms with Crippen molar-refractivity contribution in [3.63, 3.8) is 0 Å². The first kappa shape index (κ1) is 29.7. The molecule has 0 aliphatic heterocycles. The van der Waals surface area contributed by atoms with Crippen molar-refractivity contribution >= 4 is 43.9 Å². The summed E-state index contributed by atoms with van der Waals surface area (Å²) in [6.45, 7) is 6.50. The lowest BCUT2D eigenvalue weighted by molar-refractivity contribution is -0.571. The zero-order valence-electron chi connectivity index (χ0n) is 46.0. The van der Waals surface area contributed by atoms with Gasteiger partial charge in [-0.05, 0) is 93.9 Å². The molecule has 12 aromatic rings. The molecule has 4 aromatic heterocycles. The van der Waals surface area contributed by atoms with Crippen LogP contribution in [0.4, 0.5) is 0 Å². The minimum atomic E-state index is -0.585. The predicted octanol–water partition coefficient (Wildman–Crippen LogP) is 12.9. The Bertz CT molecular complexity index is 4350. The highest BCUT2D eigenvalue weighted by atomic mass is 16.1. The summed E-state index contributed by atoms with van der Waals surface area (Å²) in [5, 5.41) is 2.01. The van der Waals surface area contributed by atoms with Crippen LogP contribution >= 0.6 is 0 Å². The van der Waals surface area contributed by atoms with Crippen molar-refractivity contribution in [1.29, 1.82) is 0 Å². The van der Waals surface area contributed by atoms with E-state index in [0.29, 0.717) is 39.1 Å². The average Bonchev–Trinajstić information content (AvgIpc) is 4.18. The van der Waals surface area contributed by atoms with Gasteiger partial charge in [0.2, 0.25) is 0 Å². The van der Waals surface area contributed by atoms with Crippen LogP contribution in [0.3, 0.4) is 0 Å². The van der Waals surface area contributed by atoms with E-state index in [-0.39, 0.29) is 39.0 Å². The molecule has 0 unspecified atom stereocenters. The third-order valence-corrected chi connectivity index (χ3v) is 12.2. The van der Waals surface area contributed by atoms with E-state index in [2.05, 4.69) is 49.9 Å². The van der Waals surface area contributed by atoms with Gasteiger partial charge >= 0.3 is 5.69 Å². The van der Waals surface area contributed by atoms with Crippen LogP contribution in [-0.2, 0) is 5.41 Å². The molecule has 7 nitrogen and oxygen atoms in total. The second kappa shape index (κ2) is 15.3. The SMILES string of the molecule is [2H]c1c([2H])c([2H])c(-c2cccc(-c3c([2H])c([2H])c([2H])c([2H])c3[2H])c2-[n+]2[c-]n(-c3ccc4c(c3)n(-c3ccc5c6ccccc6n(-c6cc(C(C)(C)C)ccn6)c5c3)c(=O)n4-c3ccccc3)c3ccccc32)c([2H])c1[2H]. The van der Waals surface area contributed by atoms with Gasteiger partial charge in [-0.15, -0.1) is 0 Å². The lowest BCUT2D eigenvalue weighted by Gasteiger charge is -2.20. The van der Waals surface area contributed by atoms with E-state index in [4.69, 9.17) is 18.7 Å². The summed E-state index contributed by atoms with van der Waals surface area (Å²) < 4.78 is 96.7. The number of rotatable bonds is 7. The topological polar surface area (TPSA) is 53.6 Å². The highest BCUT2D eigenvalue weighted by Crippen LogP contribution is 2.37. The Balaban J connectivity index is 1.14. The Morgan fingerprint density at radius 3 is 1.88 bits per heavy atom.